The van der Waals surface area contributed by atoms with Crippen LogP contribution in [-0.4, -0.2) is 9.91 Å². The number of nitro benzene ring substituents is 1. The maximum atomic E-state index is 10.5. The number of nitrogens with zero attached hydrogens (tertiary/aromatic N) is 2. The molecule has 0 aliphatic heterocycles. The first-order valence-electron chi connectivity index (χ1n) is 5.47. The number of hydrogen-bond donors (Lipinski definition) is 0. The molecule has 1 heterocycles. The molecule has 0 spiro atoms. The van der Waals surface area contributed by atoms with Crippen LogP contribution in [0.5, 0.6) is 0 Å². The summed E-state index contributed by atoms with van der Waals surface area (Å²) in [5, 5.41) is 10.5. The molecule has 0 radical (unpaired) electrons. The Labute approximate surface area is 104 Å². The van der Waals surface area contributed by atoms with E-state index in [9.17, 15) is 10.1 Å². The fraction of sp³-hybridized carbons (Fsp3) is 0.154. The number of aromatic nitrogens is 1. The van der Waals surface area contributed by atoms with Gasteiger partial charge >= 0.3 is 0 Å². The Hall–Kier alpha value is -2.27. The van der Waals surface area contributed by atoms with Gasteiger partial charge in [0.05, 0.1) is 23.8 Å². The van der Waals surface area contributed by atoms with Gasteiger partial charge in [0.25, 0.3) is 5.69 Å². The average Bonchev–Trinajstić information content (AvgIpc) is 2.40. The van der Waals surface area contributed by atoms with E-state index in [1.807, 2.05) is 18.2 Å². The van der Waals surface area contributed by atoms with Crippen LogP contribution in [0.3, 0.4) is 0 Å². The molecule has 0 saturated carbocycles. The highest BCUT2D eigenvalue weighted by atomic mass is 16.6. The van der Waals surface area contributed by atoms with Gasteiger partial charge in [-0.25, -0.2) is 0 Å². The fourth-order valence-corrected chi connectivity index (χ4v) is 1.47. The molecule has 0 aliphatic rings. The minimum Gasteiger partial charge on any atom is -0.370 e. The molecule has 18 heavy (non-hydrogen) atoms. The zero-order valence-corrected chi connectivity index (χ0v) is 9.65. The van der Waals surface area contributed by atoms with Crippen LogP contribution in [0.15, 0.2) is 48.7 Å². The van der Waals surface area contributed by atoms with Gasteiger partial charge in [0.2, 0.25) is 0 Å². The highest BCUT2D eigenvalue weighted by Gasteiger charge is 2.03. The lowest BCUT2D eigenvalue weighted by molar-refractivity contribution is -0.384. The third-order valence-corrected chi connectivity index (χ3v) is 2.39. The predicted octanol–water partition coefficient (Wildman–Crippen LogP) is 2.71. The summed E-state index contributed by atoms with van der Waals surface area (Å²) in [6.07, 6.45) is 1.71. The van der Waals surface area contributed by atoms with Gasteiger partial charge in [0.15, 0.2) is 0 Å². The lowest BCUT2D eigenvalue weighted by atomic mass is 10.2. The van der Waals surface area contributed by atoms with E-state index in [1.54, 1.807) is 18.3 Å². The van der Waals surface area contributed by atoms with Crippen molar-refractivity contribution in [3.63, 3.8) is 0 Å². The molecule has 2 rings (SSSR count). The van der Waals surface area contributed by atoms with Crippen molar-refractivity contribution in [3.05, 3.63) is 70.0 Å². The first-order chi connectivity index (χ1) is 8.75. The first-order valence-corrected chi connectivity index (χ1v) is 5.47. The van der Waals surface area contributed by atoms with Crippen LogP contribution >= 0.6 is 0 Å². The van der Waals surface area contributed by atoms with Crippen molar-refractivity contribution in [1.82, 2.24) is 4.98 Å². The summed E-state index contributed by atoms with van der Waals surface area (Å²) >= 11 is 0. The summed E-state index contributed by atoms with van der Waals surface area (Å²) in [5.74, 6) is 0. The molecular weight excluding hydrogens is 232 g/mol. The maximum absolute atomic E-state index is 10.5. The second kappa shape index (κ2) is 5.88. The molecule has 1 aromatic carbocycles. The smallest absolute Gasteiger partial charge is 0.269 e. The molecule has 1 aromatic heterocycles. The summed E-state index contributed by atoms with van der Waals surface area (Å²) in [7, 11) is 0. The zero-order valence-electron chi connectivity index (χ0n) is 9.65. The van der Waals surface area contributed by atoms with Crippen LogP contribution in [0.2, 0.25) is 0 Å². The summed E-state index contributed by atoms with van der Waals surface area (Å²) < 4.78 is 5.47. The monoisotopic (exact) mass is 244 g/mol. The van der Waals surface area contributed by atoms with Crippen LogP contribution < -0.4 is 0 Å². The zero-order chi connectivity index (χ0) is 12.8. The van der Waals surface area contributed by atoms with Crippen molar-refractivity contribution in [3.8, 4) is 0 Å². The van der Waals surface area contributed by atoms with Crippen molar-refractivity contribution >= 4 is 5.69 Å². The topological polar surface area (TPSA) is 65.3 Å². The molecular formula is C13H12N2O3. The van der Waals surface area contributed by atoms with Crippen LogP contribution in [0.25, 0.3) is 0 Å². The third kappa shape index (κ3) is 3.36. The summed E-state index contributed by atoms with van der Waals surface area (Å²) in [5.41, 5.74) is 1.85. The normalized spacial score (nSPS) is 10.2. The molecule has 0 amide bonds. The molecule has 0 bridgehead atoms. The molecule has 2 aromatic rings. The Balaban J connectivity index is 1.85. The minimum atomic E-state index is -0.418. The van der Waals surface area contributed by atoms with Gasteiger partial charge in [-0.05, 0) is 29.8 Å². The fourth-order valence-electron chi connectivity index (χ4n) is 1.47. The van der Waals surface area contributed by atoms with Crippen LogP contribution in [0.4, 0.5) is 5.69 Å². The van der Waals surface area contributed by atoms with E-state index in [4.69, 9.17) is 4.74 Å². The Bertz CT molecular complexity index is 512. The minimum absolute atomic E-state index is 0.0866. The number of rotatable bonds is 5. The summed E-state index contributed by atoms with van der Waals surface area (Å²) in [4.78, 5) is 14.2. The van der Waals surface area contributed by atoms with Crippen molar-refractivity contribution < 1.29 is 9.66 Å². The van der Waals surface area contributed by atoms with E-state index in [-0.39, 0.29) is 5.69 Å². The third-order valence-electron chi connectivity index (χ3n) is 2.39. The molecule has 0 N–H and O–H groups in total. The maximum Gasteiger partial charge on any atom is 0.269 e. The summed E-state index contributed by atoms with van der Waals surface area (Å²) in [6.45, 7) is 0.840. The quantitative estimate of drug-likeness (QED) is 0.599. The highest BCUT2D eigenvalue weighted by molar-refractivity contribution is 5.32. The number of benzene rings is 1. The molecule has 0 saturated heterocycles. The second-order valence-corrected chi connectivity index (χ2v) is 3.74. The van der Waals surface area contributed by atoms with Gasteiger partial charge in [-0.2, -0.15) is 0 Å². The van der Waals surface area contributed by atoms with Crippen molar-refractivity contribution in [2.75, 3.05) is 0 Å². The molecule has 5 heteroatoms. The van der Waals surface area contributed by atoms with E-state index >= 15 is 0 Å². The Morgan fingerprint density at radius 3 is 2.50 bits per heavy atom. The van der Waals surface area contributed by atoms with Crippen LogP contribution in [-0.2, 0) is 18.0 Å². The molecule has 92 valence electrons. The Morgan fingerprint density at radius 1 is 1.11 bits per heavy atom. The highest BCUT2D eigenvalue weighted by Crippen LogP contribution is 2.12. The van der Waals surface area contributed by atoms with E-state index in [1.165, 1.54) is 12.1 Å². The molecule has 0 fully saturated rings. The van der Waals surface area contributed by atoms with E-state index in [0.29, 0.717) is 13.2 Å². The van der Waals surface area contributed by atoms with Gasteiger partial charge in [-0.3, -0.25) is 15.1 Å². The van der Waals surface area contributed by atoms with E-state index < -0.39 is 4.92 Å². The Kier molecular flexibility index (Phi) is 3.98. The molecule has 5 nitrogen and oxygen atoms in total. The van der Waals surface area contributed by atoms with Gasteiger partial charge in [0.1, 0.15) is 0 Å². The lowest BCUT2D eigenvalue weighted by Gasteiger charge is -2.03. The number of hydrogen-bond acceptors (Lipinski definition) is 4. The largest absolute Gasteiger partial charge is 0.370 e. The van der Waals surface area contributed by atoms with Crippen molar-refractivity contribution in [2.45, 2.75) is 13.2 Å². The average molecular weight is 244 g/mol. The number of nitro groups is 1. The standard InChI is InChI=1S/C13H12N2O3/c16-15(17)13-6-4-11(5-7-13)9-18-10-12-3-1-2-8-14-12/h1-8H,9-10H2. The van der Waals surface area contributed by atoms with Crippen molar-refractivity contribution in [2.24, 2.45) is 0 Å². The Morgan fingerprint density at radius 2 is 1.89 bits per heavy atom. The van der Waals surface area contributed by atoms with E-state index in [0.717, 1.165) is 11.3 Å². The molecule has 0 atom stereocenters. The first kappa shape index (κ1) is 12.2. The lowest BCUT2D eigenvalue weighted by Crippen LogP contribution is -1.96. The van der Waals surface area contributed by atoms with Crippen molar-refractivity contribution in [1.29, 1.82) is 0 Å². The predicted molar refractivity (Wildman–Crippen MR) is 65.8 cm³/mol. The number of ether oxygens (including phenoxy) is 1. The van der Waals surface area contributed by atoms with Crippen LogP contribution in [0, 0.1) is 10.1 Å². The van der Waals surface area contributed by atoms with E-state index in [2.05, 4.69) is 4.98 Å². The molecule has 0 aliphatic carbocycles. The van der Waals surface area contributed by atoms with Gasteiger partial charge in [-0.1, -0.05) is 6.07 Å². The van der Waals surface area contributed by atoms with Crippen LogP contribution in [0.1, 0.15) is 11.3 Å². The van der Waals surface area contributed by atoms with Gasteiger partial charge in [0, 0.05) is 18.3 Å². The summed E-state index contributed by atoms with van der Waals surface area (Å²) in [6, 6.07) is 12.0. The van der Waals surface area contributed by atoms with Gasteiger partial charge < -0.3 is 4.74 Å². The number of non-ortho nitro benzene ring substituents is 1. The molecule has 0 unspecified atom stereocenters. The van der Waals surface area contributed by atoms with Gasteiger partial charge in [-0.15, -0.1) is 0 Å². The number of pyridine rings is 1. The SMILES string of the molecule is O=[N+]([O-])c1ccc(COCc2ccccn2)cc1. The second-order valence-electron chi connectivity index (χ2n) is 3.74.